The molecule has 33 heavy (non-hydrogen) atoms. The van der Waals surface area contributed by atoms with E-state index in [1.807, 2.05) is 60.7 Å². The molecule has 2 radical (unpaired) electrons. The zero-order chi connectivity index (χ0) is 25.7. The molecule has 0 heterocycles. The van der Waals surface area contributed by atoms with Gasteiger partial charge in [-0.3, -0.25) is 0 Å². The van der Waals surface area contributed by atoms with Gasteiger partial charge in [0.25, 0.3) is 0 Å². The Morgan fingerprint density at radius 1 is 0.576 bits per heavy atom. The summed E-state index contributed by atoms with van der Waals surface area (Å²) in [6.45, 7) is 17.5. The Labute approximate surface area is 212 Å². The van der Waals surface area contributed by atoms with Crippen molar-refractivity contribution in [2.45, 2.75) is 99.5 Å². The molecule has 2 rings (SSSR count). The van der Waals surface area contributed by atoms with Crippen LogP contribution in [0.1, 0.15) is 91.6 Å². The third-order valence-electron chi connectivity index (χ3n) is 4.25. The van der Waals surface area contributed by atoms with Gasteiger partial charge in [-0.05, 0) is 25.0 Å². The molecule has 0 saturated heterocycles. The topological polar surface area (TPSA) is 80.9 Å². The minimum atomic E-state index is -0.550. The SMILES string of the molecule is CC(O)CC(O)c1ccccc1.CC(O)CC(O)c1ccccc1.C[C](C)(C)[Sn][C](C)(C)C. The van der Waals surface area contributed by atoms with E-state index < -0.39 is 24.4 Å². The van der Waals surface area contributed by atoms with Crippen molar-refractivity contribution >= 4 is 21.1 Å². The fourth-order valence-corrected chi connectivity index (χ4v) is 9.82. The van der Waals surface area contributed by atoms with E-state index in [2.05, 4.69) is 41.5 Å². The molecule has 2 aromatic rings. The zero-order valence-corrected chi connectivity index (χ0v) is 24.6. The van der Waals surface area contributed by atoms with E-state index in [0.29, 0.717) is 19.7 Å². The summed E-state index contributed by atoms with van der Waals surface area (Å²) in [6.07, 6.45) is -1.23. The molecule has 4 atom stereocenters. The van der Waals surface area contributed by atoms with Crippen molar-refractivity contribution in [3.8, 4) is 0 Å². The van der Waals surface area contributed by atoms with Crippen LogP contribution in [0.25, 0.3) is 0 Å². The van der Waals surface area contributed by atoms with Crippen molar-refractivity contribution in [2.75, 3.05) is 0 Å². The summed E-state index contributed by atoms with van der Waals surface area (Å²) in [5.74, 6) is 0. The van der Waals surface area contributed by atoms with Gasteiger partial charge in [-0.2, -0.15) is 0 Å². The molecule has 2 aromatic carbocycles. The Morgan fingerprint density at radius 2 is 0.848 bits per heavy atom. The van der Waals surface area contributed by atoms with Gasteiger partial charge in [0.05, 0.1) is 24.4 Å². The molecule has 0 aliphatic rings. The van der Waals surface area contributed by atoms with E-state index in [1.165, 1.54) is 0 Å². The van der Waals surface area contributed by atoms with Crippen molar-refractivity contribution in [1.82, 2.24) is 0 Å². The van der Waals surface area contributed by atoms with E-state index in [0.717, 1.165) is 11.1 Å². The summed E-state index contributed by atoms with van der Waals surface area (Å²) in [7, 11) is 0. The van der Waals surface area contributed by atoms with Crippen LogP contribution in [0.5, 0.6) is 0 Å². The van der Waals surface area contributed by atoms with Crippen molar-refractivity contribution in [3.05, 3.63) is 71.8 Å². The summed E-state index contributed by atoms with van der Waals surface area (Å²) in [4.78, 5) is 0. The molecule has 186 valence electrons. The number of aliphatic hydroxyl groups excluding tert-OH is 4. The van der Waals surface area contributed by atoms with Crippen LogP contribution < -0.4 is 0 Å². The molecule has 5 heteroatoms. The Morgan fingerprint density at radius 3 is 1.03 bits per heavy atom. The van der Waals surface area contributed by atoms with Crippen LogP contribution in [0.4, 0.5) is 0 Å². The molecule has 4 nitrogen and oxygen atoms in total. The molecular weight excluding hydrogens is 519 g/mol. The predicted molar refractivity (Wildman–Crippen MR) is 141 cm³/mol. The quantitative estimate of drug-likeness (QED) is 0.319. The van der Waals surface area contributed by atoms with E-state index in [4.69, 9.17) is 10.2 Å². The standard InChI is InChI=1S/2C10H14O2.2C4H9.Sn/c2*1-8(11)7-10(12)9-5-3-2-4-6-9;2*1-4(2)3;/h2*2-6,8,10-12H,7H2,1H3;2*1-3H3;. The molecule has 0 saturated carbocycles. The fourth-order valence-electron chi connectivity index (χ4n) is 3.39. The maximum absolute atomic E-state index is 9.53. The van der Waals surface area contributed by atoms with Crippen LogP contribution in [0.2, 0.25) is 6.86 Å². The van der Waals surface area contributed by atoms with Gasteiger partial charge in [-0.15, -0.1) is 0 Å². The Bertz CT molecular complexity index is 656. The average Bonchev–Trinajstić information content (AvgIpc) is 2.66. The van der Waals surface area contributed by atoms with Gasteiger partial charge in [0.1, 0.15) is 0 Å². The molecule has 0 spiro atoms. The number of hydrogen-bond acceptors (Lipinski definition) is 4. The Kier molecular flexibility index (Phi) is 15.4. The van der Waals surface area contributed by atoms with Gasteiger partial charge in [-0.25, -0.2) is 0 Å². The molecule has 0 aromatic heterocycles. The van der Waals surface area contributed by atoms with Crippen LogP contribution in [-0.2, 0) is 0 Å². The molecule has 4 N–H and O–H groups in total. The first-order valence-corrected chi connectivity index (χ1v) is 14.6. The van der Waals surface area contributed by atoms with Crippen molar-refractivity contribution in [3.63, 3.8) is 0 Å². The Balaban J connectivity index is 0.000000472. The van der Waals surface area contributed by atoms with Gasteiger partial charge in [0.2, 0.25) is 0 Å². The summed E-state index contributed by atoms with van der Waals surface area (Å²) in [6, 6.07) is 18.7. The Hall–Kier alpha value is -0.921. The van der Waals surface area contributed by atoms with Gasteiger partial charge >= 0.3 is 69.5 Å². The molecule has 0 fully saturated rings. The van der Waals surface area contributed by atoms with Gasteiger partial charge in [0.15, 0.2) is 0 Å². The number of rotatable bonds is 6. The van der Waals surface area contributed by atoms with E-state index in [1.54, 1.807) is 13.8 Å². The summed E-state index contributed by atoms with van der Waals surface area (Å²) in [5, 5.41) is 37.1. The molecule has 0 aliphatic carbocycles. The van der Waals surface area contributed by atoms with Crippen molar-refractivity contribution < 1.29 is 20.4 Å². The zero-order valence-electron chi connectivity index (χ0n) is 21.8. The van der Waals surface area contributed by atoms with E-state index in [9.17, 15) is 10.2 Å². The maximum atomic E-state index is 9.53. The first-order valence-electron chi connectivity index (χ1n) is 11.7. The molecule has 4 unspecified atom stereocenters. The molecule has 0 bridgehead atoms. The molecule has 0 amide bonds. The van der Waals surface area contributed by atoms with Gasteiger partial charge in [0, 0.05) is 12.8 Å². The van der Waals surface area contributed by atoms with Crippen LogP contribution in [0.15, 0.2) is 60.7 Å². The fraction of sp³-hybridized carbons (Fsp3) is 0.571. The van der Waals surface area contributed by atoms with E-state index >= 15 is 0 Å². The minimum absolute atomic E-state index is 0.182. The third kappa shape index (κ3) is 19.1. The normalized spacial score (nSPS) is 15.2. The van der Waals surface area contributed by atoms with Crippen LogP contribution in [0, 0.1) is 0 Å². The number of aliphatic hydroxyl groups is 4. The predicted octanol–water partition coefficient (Wildman–Crippen LogP) is 6.11. The second-order valence-electron chi connectivity index (χ2n) is 10.6. The van der Waals surface area contributed by atoms with Crippen molar-refractivity contribution in [1.29, 1.82) is 0 Å². The van der Waals surface area contributed by atoms with Crippen LogP contribution in [0.3, 0.4) is 0 Å². The first-order chi connectivity index (χ1) is 15.1. The second kappa shape index (κ2) is 15.9. The second-order valence-corrected chi connectivity index (χ2v) is 19.9. The summed E-state index contributed by atoms with van der Waals surface area (Å²) in [5.41, 5.74) is 1.72. The first kappa shape index (κ1) is 32.1. The number of hydrogen-bond donors (Lipinski definition) is 4. The molecule has 0 aliphatic heterocycles. The summed E-state index contributed by atoms with van der Waals surface area (Å²) >= 11 is -0.182. The van der Waals surface area contributed by atoms with Crippen LogP contribution >= 0.6 is 0 Å². The monoisotopic (exact) mass is 566 g/mol. The van der Waals surface area contributed by atoms with Gasteiger partial charge in [-0.1, -0.05) is 60.7 Å². The summed E-state index contributed by atoms with van der Waals surface area (Å²) < 4.78 is 1.31. The average molecular weight is 565 g/mol. The molecular formula is C28H46O4Sn. The number of benzene rings is 2. The van der Waals surface area contributed by atoms with Gasteiger partial charge < -0.3 is 20.4 Å². The van der Waals surface area contributed by atoms with E-state index in [-0.39, 0.29) is 21.1 Å². The van der Waals surface area contributed by atoms with Crippen LogP contribution in [-0.4, -0.2) is 53.8 Å². The van der Waals surface area contributed by atoms with Crippen molar-refractivity contribution in [2.24, 2.45) is 0 Å². The third-order valence-corrected chi connectivity index (χ3v) is 8.53.